The molecule has 0 aliphatic heterocycles. The summed E-state index contributed by atoms with van der Waals surface area (Å²) in [7, 11) is 0. The molecule has 0 unspecified atom stereocenters. The van der Waals surface area contributed by atoms with Crippen LogP contribution in [0, 0.1) is 0 Å². The molecule has 1 nitrogen and oxygen atoms in total. The van der Waals surface area contributed by atoms with Gasteiger partial charge in [0.15, 0.2) is 0 Å². The molecule has 0 aromatic rings. The minimum atomic E-state index is -0.167. The van der Waals surface area contributed by atoms with Crippen LogP contribution in [0.25, 0.3) is 0 Å². The first kappa shape index (κ1) is 15.7. The zero-order valence-electron chi connectivity index (χ0n) is 3.97. The molecule has 0 atom stereocenters. The molecule has 0 aliphatic rings. The average Bonchev–Trinajstić information content (AvgIpc) is 0.811. The van der Waals surface area contributed by atoms with Crippen molar-refractivity contribution in [3.05, 3.63) is 0 Å². The van der Waals surface area contributed by atoms with Gasteiger partial charge in [-0.1, -0.05) is 0 Å². The number of hydrogen-bond donors (Lipinski definition) is 1. The SMILES string of the molecule is CC(C)O.[Ta].[Ti]. The van der Waals surface area contributed by atoms with E-state index in [2.05, 4.69) is 0 Å². The fourth-order valence-corrected chi connectivity index (χ4v) is 0. The number of rotatable bonds is 0. The Bertz CT molecular complexity index is 15.5. The van der Waals surface area contributed by atoms with Gasteiger partial charge in [-0.2, -0.15) is 0 Å². The van der Waals surface area contributed by atoms with Gasteiger partial charge in [0.2, 0.25) is 0 Å². The van der Waals surface area contributed by atoms with Crippen molar-refractivity contribution in [2.24, 2.45) is 0 Å². The molecule has 0 heterocycles. The molecule has 0 rings (SSSR count). The normalized spacial score (nSPS) is 6.00. The molecule has 0 bridgehead atoms. The van der Waals surface area contributed by atoms with Gasteiger partial charge in [0.25, 0.3) is 0 Å². The smallest absolute Gasteiger partial charge is 0.0483 e. The minimum absolute atomic E-state index is 0. The Hall–Kier alpha value is 1.41. The zero-order chi connectivity index (χ0) is 3.58. The summed E-state index contributed by atoms with van der Waals surface area (Å²) in [5, 5.41) is 8.06. The second kappa shape index (κ2) is 9.65. The first-order valence-corrected chi connectivity index (χ1v) is 1.41. The molecule has 0 fully saturated rings. The third kappa shape index (κ3) is 52.7. The van der Waals surface area contributed by atoms with Gasteiger partial charge in [0.1, 0.15) is 0 Å². The Morgan fingerprint density at radius 2 is 1.33 bits per heavy atom. The second-order valence-electron chi connectivity index (χ2n) is 1.09. The van der Waals surface area contributed by atoms with Crippen molar-refractivity contribution in [2.45, 2.75) is 20.0 Å². The average molecular weight is 289 g/mol. The van der Waals surface area contributed by atoms with Gasteiger partial charge >= 0.3 is 0 Å². The van der Waals surface area contributed by atoms with E-state index < -0.39 is 0 Å². The summed E-state index contributed by atoms with van der Waals surface area (Å²) in [6.45, 7) is 3.44. The summed E-state index contributed by atoms with van der Waals surface area (Å²) in [4.78, 5) is 0. The Morgan fingerprint density at radius 1 is 1.33 bits per heavy atom. The summed E-state index contributed by atoms with van der Waals surface area (Å²) in [5.41, 5.74) is 0. The minimum Gasteiger partial charge on any atom is -0.394 e. The molecule has 0 aromatic carbocycles. The van der Waals surface area contributed by atoms with Crippen molar-refractivity contribution in [3.63, 3.8) is 0 Å². The summed E-state index contributed by atoms with van der Waals surface area (Å²) in [6.07, 6.45) is -0.167. The van der Waals surface area contributed by atoms with Gasteiger partial charge in [-0.05, 0) is 13.8 Å². The molecule has 0 spiro atoms. The van der Waals surface area contributed by atoms with E-state index in [9.17, 15) is 0 Å². The van der Waals surface area contributed by atoms with Crippen LogP contribution in [0.1, 0.15) is 13.8 Å². The molecule has 0 aromatic heterocycles. The van der Waals surface area contributed by atoms with E-state index in [4.69, 9.17) is 5.11 Å². The molecule has 0 aliphatic carbocycles. The Kier molecular flexibility index (Phi) is 25.2. The third-order valence-corrected chi connectivity index (χ3v) is 0. The van der Waals surface area contributed by atoms with Crippen molar-refractivity contribution in [1.29, 1.82) is 0 Å². The third-order valence-electron chi connectivity index (χ3n) is 0. The molecule has 1 N–H and O–H groups in total. The molecular weight excluding hydrogens is 281 g/mol. The van der Waals surface area contributed by atoms with Gasteiger partial charge in [-0.3, -0.25) is 0 Å². The fourth-order valence-electron chi connectivity index (χ4n) is 0. The topological polar surface area (TPSA) is 20.2 Å². The van der Waals surface area contributed by atoms with E-state index in [1.807, 2.05) is 0 Å². The first-order valence-electron chi connectivity index (χ1n) is 1.41. The molecule has 3 heteroatoms. The summed E-state index contributed by atoms with van der Waals surface area (Å²) in [6, 6.07) is 0. The van der Waals surface area contributed by atoms with E-state index >= 15 is 0 Å². The fraction of sp³-hybridized carbons (Fsp3) is 1.00. The Labute approximate surface area is 68.9 Å². The summed E-state index contributed by atoms with van der Waals surface area (Å²) in [5.74, 6) is 0. The number of aliphatic hydroxyl groups excluding tert-OH is 1. The van der Waals surface area contributed by atoms with Gasteiger partial charge in [0.05, 0.1) is 0 Å². The van der Waals surface area contributed by atoms with Crippen molar-refractivity contribution >= 4 is 0 Å². The van der Waals surface area contributed by atoms with Crippen molar-refractivity contribution in [2.75, 3.05) is 0 Å². The van der Waals surface area contributed by atoms with Crippen LogP contribution in [-0.4, -0.2) is 11.2 Å². The molecular formula is C3H8OTaTi. The standard InChI is InChI=1S/C3H8O.Ta.Ti/c1-3(2)4;;/h3-4H,1-2H3;;. The van der Waals surface area contributed by atoms with E-state index in [-0.39, 0.29) is 50.2 Å². The van der Waals surface area contributed by atoms with E-state index in [1.165, 1.54) is 0 Å². The van der Waals surface area contributed by atoms with Gasteiger partial charge < -0.3 is 5.11 Å². The van der Waals surface area contributed by atoms with Gasteiger partial charge in [0, 0.05) is 50.2 Å². The zero-order valence-corrected chi connectivity index (χ0v) is 8.75. The molecule has 0 amide bonds. The van der Waals surface area contributed by atoms with Gasteiger partial charge in [-0.25, -0.2) is 0 Å². The molecule has 6 heavy (non-hydrogen) atoms. The monoisotopic (exact) mass is 289 g/mol. The number of hydrogen-bond acceptors (Lipinski definition) is 1. The van der Waals surface area contributed by atoms with Crippen LogP contribution in [0.5, 0.6) is 0 Å². The quantitative estimate of drug-likeness (QED) is 0.639. The largest absolute Gasteiger partial charge is 0.394 e. The maximum atomic E-state index is 8.06. The van der Waals surface area contributed by atoms with Crippen LogP contribution < -0.4 is 0 Å². The predicted octanol–water partition coefficient (Wildman–Crippen LogP) is 0.382. The first-order chi connectivity index (χ1) is 1.73. The van der Waals surface area contributed by atoms with Crippen molar-refractivity contribution in [1.82, 2.24) is 0 Å². The second-order valence-corrected chi connectivity index (χ2v) is 1.09. The summed E-state index contributed by atoms with van der Waals surface area (Å²) >= 11 is 0. The van der Waals surface area contributed by atoms with E-state index in [0.29, 0.717) is 0 Å². The van der Waals surface area contributed by atoms with Crippen LogP contribution in [0.4, 0.5) is 0 Å². The molecule has 35 valence electrons. The van der Waals surface area contributed by atoms with E-state index in [1.54, 1.807) is 13.8 Å². The summed E-state index contributed by atoms with van der Waals surface area (Å²) < 4.78 is 0. The Balaban J connectivity index is -0.0000000450. The molecule has 0 saturated carbocycles. The predicted molar refractivity (Wildman–Crippen MR) is 17.4 cm³/mol. The van der Waals surface area contributed by atoms with Crippen molar-refractivity contribution < 1.29 is 49.2 Å². The Morgan fingerprint density at radius 3 is 1.33 bits per heavy atom. The van der Waals surface area contributed by atoms with Crippen LogP contribution in [0.3, 0.4) is 0 Å². The van der Waals surface area contributed by atoms with Crippen LogP contribution >= 0.6 is 0 Å². The molecule has 0 saturated heterocycles. The van der Waals surface area contributed by atoms with Crippen LogP contribution in [0.15, 0.2) is 0 Å². The maximum absolute atomic E-state index is 8.06. The van der Waals surface area contributed by atoms with E-state index in [0.717, 1.165) is 0 Å². The van der Waals surface area contributed by atoms with Crippen molar-refractivity contribution in [3.8, 4) is 0 Å². The van der Waals surface area contributed by atoms with Gasteiger partial charge in [-0.15, -0.1) is 0 Å². The molecule has 1 radical (unpaired) electrons. The van der Waals surface area contributed by atoms with Crippen LogP contribution in [-0.2, 0) is 44.1 Å². The maximum Gasteiger partial charge on any atom is 0.0483 e. The van der Waals surface area contributed by atoms with Crippen LogP contribution in [0.2, 0.25) is 0 Å². The number of aliphatic hydroxyl groups is 1.